The van der Waals surface area contributed by atoms with E-state index < -0.39 is 11.9 Å². The number of amides is 1. The fourth-order valence-corrected chi connectivity index (χ4v) is 2.59. The molecular weight excluding hydrogens is 282 g/mol. The van der Waals surface area contributed by atoms with Crippen LogP contribution in [0.4, 0.5) is 0 Å². The van der Waals surface area contributed by atoms with E-state index in [4.69, 9.17) is 5.11 Å². The first-order chi connectivity index (χ1) is 10.5. The Bertz CT molecular complexity index is 733. The van der Waals surface area contributed by atoms with Gasteiger partial charge in [0.15, 0.2) is 0 Å². The van der Waals surface area contributed by atoms with Gasteiger partial charge in [-0.05, 0) is 31.0 Å². The summed E-state index contributed by atoms with van der Waals surface area (Å²) < 4.78 is 1.90. The summed E-state index contributed by atoms with van der Waals surface area (Å²) in [4.78, 5) is 29.8. The summed E-state index contributed by atoms with van der Waals surface area (Å²) in [6.07, 6.45) is 3.61. The van der Waals surface area contributed by atoms with Gasteiger partial charge in [-0.3, -0.25) is 9.59 Å². The van der Waals surface area contributed by atoms with E-state index in [2.05, 4.69) is 4.98 Å². The molecule has 0 aliphatic heterocycles. The molecule has 1 amide bonds. The van der Waals surface area contributed by atoms with Crippen LogP contribution in [-0.4, -0.2) is 44.0 Å². The van der Waals surface area contributed by atoms with E-state index in [1.807, 2.05) is 17.7 Å². The van der Waals surface area contributed by atoms with E-state index in [1.165, 1.54) is 0 Å². The average Bonchev–Trinajstić information content (AvgIpc) is 3.27. The van der Waals surface area contributed by atoms with Crippen LogP contribution in [-0.2, 0) is 11.8 Å². The van der Waals surface area contributed by atoms with Crippen LogP contribution in [0.2, 0.25) is 0 Å². The molecule has 6 nitrogen and oxygen atoms in total. The van der Waals surface area contributed by atoms with Gasteiger partial charge in [0.2, 0.25) is 0 Å². The smallest absolute Gasteiger partial charge is 0.308 e. The zero-order valence-electron chi connectivity index (χ0n) is 12.7. The lowest BCUT2D eigenvalue weighted by Gasteiger charge is -2.24. The molecule has 1 aliphatic rings. The Morgan fingerprint density at radius 2 is 2.18 bits per heavy atom. The predicted molar refractivity (Wildman–Crippen MR) is 81.6 cm³/mol. The van der Waals surface area contributed by atoms with Gasteiger partial charge in [0.25, 0.3) is 5.91 Å². The molecule has 116 valence electrons. The molecule has 2 aromatic rings. The number of imidazole rings is 1. The van der Waals surface area contributed by atoms with Gasteiger partial charge >= 0.3 is 5.97 Å². The van der Waals surface area contributed by atoms with Gasteiger partial charge in [-0.15, -0.1) is 0 Å². The summed E-state index contributed by atoms with van der Waals surface area (Å²) in [6, 6.07) is 5.61. The minimum atomic E-state index is -0.876. The standard InChI is InChI=1S/C16H19N3O3/c1-10(16(21)22)8-19(12-4-5-12)15(20)11-3-6-14-13(7-11)17-9-18(14)2/h3,6-7,9-10,12H,4-5,8H2,1-2H3,(H,21,22). The largest absolute Gasteiger partial charge is 0.481 e. The van der Waals surface area contributed by atoms with Crippen molar-refractivity contribution in [1.82, 2.24) is 14.5 Å². The van der Waals surface area contributed by atoms with Gasteiger partial charge in [0, 0.05) is 25.2 Å². The lowest BCUT2D eigenvalue weighted by molar-refractivity contribution is -0.141. The van der Waals surface area contributed by atoms with Crippen molar-refractivity contribution in [1.29, 1.82) is 0 Å². The van der Waals surface area contributed by atoms with Crippen molar-refractivity contribution in [2.45, 2.75) is 25.8 Å². The maximum absolute atomic E-state index is 12.7. The third kappa shape index (κ3) is 2.68. The lowest BCUT2D eigenvalue weighted by Crippen LogP contribution is -2.38. The van der Waals surface area contributed by atoms with Crippen molar-refractivity contribution >= 4 is 22.9 Å². The molecule has 3 rings (SSSR count). The van der Waals surface area contributed by atoms with Gasteiger partial charge in [0.1, 0.15) is 0 Å². The highest BCUT2D eigenvalue weighted by Crippen LogP contribution is 2.29. The number of aromatic nitrogens is 2. The number of carbonyl (C=O) groups is 2. The average molecular weight is 301 g/mol. The monoisotopic (exact) mass is 301 g/mol. The summed E-state index contributed by atoms with van der Waals surface area (Å²) in [7, 11) is 1.90. The number of aryl methyl sites for hydroxylation is 1. The van der Waals surface area contributed by atoms with E-state index in [9.17, 15) is 9.59 Å². The fraction of sp³-hybridized carbons (Fsp3) is 0.438. The van der Waals surface area contributed by atoms with E-state index in [0.29, 0.717) is 5.56 Å². The Balaban J connectivity index is 1.86. The van der Waals surface area contributed by atoms with Crippen molar-refractivity contribution < 1.29 is 14.7 Å². The molecule has 22 heavy (non-hydrogen) atoms. The molecule has 0 radical (unpaired) electrons. The third-order valence-corrected chi connectivity index (χ3v) is 4.11. The van der Waals surface area contributed by atoms with Crippen LogP contribution in [0.5, 0.6) is 0 Å². The highest BCUT2D eigenvalue weighted by atomic mass is 16.4. The van der Waals surface area contributed by atoms with Gasteiger partial charge in [-0.2, -0.15) is 0 Å². The van der Waals surface area contributed by atoms with Crippen LogP contribution < -0.4 is 0 Å². The number of benzene rings is 1. The van der Waals surface area contributed by atoms with E-state index in [1.54, 1.807) is 30.3 Å². The first-order valence-corrected chi connectivity index (χ1v) is 7.42. The van der Waals surface area contributed by atoms with Crippen molar-refractivity contribution in [3.63, 3.8) is 0 Å². The highest BCUT2D eigenvalue weighted by molar-refractivity contribution is 5.98. The maximum atomic E-state index is 12.7. The Hall–Kier alpha value is -2.37. The first kappa shape index (κ1) is 14.6. The second kappa shape index (κ2) is 5.44. The number of carbonyl (C=O) groups excluding carboxylic acids is 1. The fourth-order valence-electron chi connectivity index (χ4n) is 2.59. The van der Waals surface area contributed by atoms with Gasteiger partial charge in [-0.1, -0.05) is 6.92 Å². The molecule has 1 saturated carbocycles. The van der Waals surface area contributed by atoms with Crippen LogP contribution in [0.15, 0.2) is 24.5 Å². The number of hydrogen-bond donors (Lipinski definition) is 1. The lowest BCUT2D eigenvalue weighted by atomic mass is 10.1. The van der Waals surface area contributed by atoms with E-state index in [-0.39, 0.29) is 18.5 Å². The molecule has 0 saturated heterocycles. The Morgan fingerprint density at radius 3 is 2.82 bits per heavy atom. The van der Waals surface area contributed by atoms with E-state index >= 15 is 0 Å². The molecular formula is C16H19N3O3. The second-order valence-electron chi connectivity index (χ2n) is 5.99. The van der Waals surface area contributed by atoms with E-state index in [0.717, 1.165) is 23.9 Å². The topological polar surface area (TPSA) is 75.4 Å². The van der Waals surface area contributed by atoms with Crippen LogP contribution in [0.1, 0.15) is 30.1 Å². The summed E-state index contributed by atoms with van der Waals surface area (Å²) >= 11 is 0. The molecule has 1 aromatic heterocycles. The number of carboxylic acid groups (broad SMARTS) is 1. The Morgan fingerprint density at radius 1 is 1.45 bits per heavy atom. The zero-order chi connectivity index (χ0) is 15.9. The maximum Gasteiger partial charge on any atom is 0.308 e. The Labute approximate surface area is 128 Å². The first-order valence-electron chi connectivity index (χ1n) is 7.42. The SMILES string of the molecule is CC(CN(C(=O)c1ccc2c(c1)ncn2C)C1CC1)C(=O)O. The van der Waals surface area contributed by atoms with Crippen LogP contribution in [0, 0.1) is 5.92 Å². The van der Waals surface area contributed by atoms with Crippen molar-refractivity contribution in [2.24, 2.45) is 13.0 Å². The highest BCUT2D eigenvalue weighted by Gasteiger charge is 2.35. The van der Waals surface area contributed by atoms with Crippen LogP contribution in [0.25, 0.3) is 11.0 Å². The third-order valence-electron chi connectivity index (χ3n) is 4.11. The molecule has 1 heterocycles. The van der Waals surface area contributed by atoms with Crippen molar-refractivity contribution in [3.8, 4) is 0 Å². The number of aliphatic carboxylic acids is 1. The summed E-state index contributed by atoms with van der Waals surface area (Å²) in [5.74, 6) is -1.55. The molecule has 1 unspecified atom stereocenters. The second-order valence-corrected chi connectivity index (χ2v) is 5.99. The molecule has 0 bridgehead atoms. The molecule has 1 atom stereocenters. The molecule has 0 spiro atoms. The summed E-state index contributed by atoms with van der Waals surface area (Å²) in [5.41, 5.74) is 2.31. The van der Waals surface area contributed by atoms with Gasteiger partial charge < -0.3 is 14.6 Å². The molecule has 6 heteroatoms. The number of hydrogen-bond acceptors (Lipinski definition) is 3. The quantitative estimate of drug-likeness (QED) is 0.915. The van der Waals surface area contributed by atoms with Gasteiger partial charge in [0.05, 0.1) is 23.3 Å². The minimum Gasteiger partial charge on any atom is -0.481 e. The van der Waals surface area contributed by atoms with Crippen LogP contribution in [0.3, 0.4) is 0 Å². The van der Waals surface area contributed by atoms with Crippen molar-refractivity contribution in [3.05, 3.63) is 30.1 Å². The zero-order valence-corrected chi connectivity index (χ0v) is 12.7. The molecule has 1 N–H and O–H groups in total. The predicted octanol–water partition coefficient (Wildman–Crippen LogP) is 1.90. The normalized spacial score (nSPS) is 15.7. The number of rotatable bonds is 5. The molecule has 1 aromatic carbocycles. The number of fused-ring (bicyclic) bond motifs is 1. The summed E-state index contributed by atoms with van der Waals surface area (Å²) in [6.45, 7) is 1.88. The van der Waals surface area contributed by atoms with Crippen LogP contribution >= 0.6 is 0 Å². The number of carboxylic acids is 1. The molecule has 1 fully saturated rings. The summed E-state index contributed by atoms with van der Waals surface area (Å²) in [5, 5.41) is 9.08. The van der Waals surface area contributed by atoms with Crippen molar-refractivity contribution in [2.75, 3.05) is 6.54 Å². The number of nitrogens with zero attached hydrogens (tertiary/aromatic N) is 3. The Kier molecular flexibility index (Phi) is 3.60. The van der Waals surface area contributed by atoms with Gasteiger partial charge in [-0.25, -0.2) is 4.98 Å². The molecule has 1 aliphatic carbocycles. The minimum absolute atomic E-state index is 0.108.